The van der Waals surface area contributed by atoms with Gasteiger partial charge in [0.1, 0.15) is 0 Å². The van der Waals surface area contributed by atoms with Crippen molar-refractivity contribution in [1.82, 2.24) is 4.31 Å². The highest BCUT2D eigenvalue weighted by Crippen LogP contribution is 2.56. The Morgan fingerprint density at radius 3 is 2.44 bits per heavy atom. The van der Waals surface area contributed by atoms with Crippen LogP contribution in [0.5, 0.6) is 0 Å². The lowest BCUT2D eigenvalue weighted by molar-refractivity contribution is 0.0456. The first kappa shape index (κ1) is 11.7. The first-order valence-corrected chi connectivity index (χ1v) is 8.76. The molecular formula is C13H21NO3S. The second-order valence-corrected chi connectivity index (χ2v) is 8.58. The molecule has 4 atom stereocenters. The Balaban J connectivity index is 1.54. The molecule has 18 heavy (non-hydrogen) atoms. The van der Waals surface area contributed by atoms with Crippen LogP contribution in [0.25, 0.3) is 0 Å². The molecule has 0 aromatic heterocycles. The Morgan fingerprint density at radius 1 is 1.00 bits per heavy atom. The van der Waals surface area contributed by atoms with E-state index in [9.17, 15) is 8.42 Å². The number of hydrogen-bond donors (Lipinski definition) is 0. The third-order valence-electron chi connectivity index (χ3n) is 5.68. The lowest BCUT2D eigenvalue weighted by Gasteiger charge is -2.50. The van der Waals surface area contributed by atoms with Crippen LogP contribution in [-0.4, -0.2) is 43.8 Å². The monoisotopic (exact) mass is 271 g/mol. The molecule has 2 bridgehead atoms. The summed E-state index contributed by atoms with van der Waals surface area (Å²) in [6, 6.07) is 0.372. The smallest absolute Gasteiger partial charge is 0.217 e. The summed E-state index contributed by atoms with van der Waals surface area (Å²) in [6.45, 7) is 2.03. The molecule has 4 fully saturated rings. The molecule has 0 radical (unpaired) electrons. The number of ether oxygens (including phenoxy) is 1. The van der Waals surface area contributed by atoms with Crippen molar-refractivity contribution in [2.45, 2.75) is 43.4 Å². The number of sulfonamides is 1. The maximum atomic E-state index is 12.7. The van der Waals surface area contributed by atoms with Gasteiger partial charge in [0.15, 0.2) is 0 Å². The molecule has 0 aromatic carbocycles. The van der Waals surface area contributed by atoms with E-state index in [1.807, 2.05) is 4.31 Å². The van der Waals surface area contributed by atoms with Crippen LogP contribution in [0.15, 0.2) is 0 Å². The summed E-state index contributed by atoms with van der Waals surface area (Å²) in [5, 5.41) is -0.175. The van der Waals surface area contributed by atoms with Gasteiger partial charge in [-0.3, -0.25) is 0 Å². The zero-order valence-corrected chi connectivity index (χ0v) is 11.4. The van der Waals surface area contributed by atoms with Crippen molar-refractivity contribution in [3.05, 3.63) is 0 Å². The predicted octanol–water partition coefficient (Wildman–Crippen LogP) is 1.23. The van der Waals surface area contributed by atoms with Crippen LogP contribution in [-0.2, 0) is 14.8 Å². The van der Waals surface area contributed by atoms with Gasteiger partial charge in [-0.1, -0.05) is 0 Å². The molecule has 2 aliphatic carbocycles. The topological polar surface area (TPSA) is 46.6 Å². The molecule has 0 amide bonds. The molecule has 4 aliphatic rings. The van der Waals surface area contributed by atoms with Crippen molar-refractivity contribution in [2.75, 3.05) is 19.8 Å². The quantitative estimate of drug-likeness (QED) is 0.759. The first-order chi connectivity index (χ1) is 8.68. The van der Waals surface area contributed by atoms with Crippen molar-refractivity contribution < 1.29 is 13.2 Å². The van der Waals surface area contributed by atoms with Crippen molar-refractivity contribution in [1.29, 1.82) is 0 Å². The average molecular weight is 271 g/mol. The van der Waals surface area contributed by atoms with Gasteiger partial charge in [0, 0.05) is 25.8 Å². The van der Waals surface area contributed by atoms with Crippen LogP contribution < -0.4 is 0 Å². The number of rotatable bonds is 2. The number of nitrogens with zero attached hydrogens (tertiary/aromatic N) is 1. The zero-order valence-electron chi connectivity index (χ0n) is 10.6. The molecule has 4 unspecified atom stereocenters. The highest BCUT2D eigenvalue weighted by atomic mass is 32.2. The van der Waals surface area contributed by atoms with E-state index in [0.717, 1.165) is 12.5 Å². The molecule has 102 valence electrons. The molecule has 0 N–H and O–H groups in total. The lowest BCUT2D eigenvalue weighted by Crippen LogP contribution is -2.62. The van der Waals surface area contributed by atoms with Gasteiger partial charge in [-0.2, -0.15) is 4.31 Å². The van der Waals surface area contributed by atoms with Gasteiger partial charge < -0.3 is 4.74 Å². The van der Waals surface area contributed by atoms with Crippen LogP contribution in [0.2, 0.25) is 0 Å². The van der Waals surface area contributed by atoms with E-state index in [4.69, 9.17) is 4.74 Å². The largest absolute Gasteiger partial charge is 0.381 e. The lowest BCUT2D eigenvalue weighted by atomic mass is 9.79. The minimum atomic E-state index is -3.05. The Bertz CT molecular complexity index is 441. The van der Waals surface area contributed by atoms with Gasteiger partial charge >= 0.3 is 0 Å². The summed E-state index contributed by atoms with van der Waals surface area (Å²) in [5.41, 5.74) is 0. The van der Waals surface area contributed by atoms with Crippen molar-refractivity contribution >= 4 is 10.0 Å². The highest BCUT2D eigenvalue weighted by molar-refractivity contribution is 7.89. The van der Waals surface area contributed by atoms with Crippen molar-refractivity contribution in [3.63, 3.8) is 0 Å². The van der Waals surface area contributed by atoms with Gasteiger partial charge in [-0.25, -0.2) is 8.42 Å². The molecule has 2 heterocycles. The van der Waals surface area contributed by atoms with Crippen LogP contribution in [0.4, 0.5) is 0 Å². The van der Waals surface area contributed by atoms with Gasteiger partial charge in [-0.05, 0) is 49.9 Å². The van der Waals surface area contributed by atoms with Crippen LogP contribution in [0.3, 0.4) is 0 Å². The van der Waals surface area contributed by atoms with Gasteiger partial charge in [-0.15, -0.1) is 0 Å². The van der Waals surface area contributed by atoms with Crippen molar-refractivity contribution in [2.24, 2.45) is 17.8 Å². The fourth-order valence-electron chi connectivity index (χ4n) is 4.72. The Hall–Kier alpha value is -0.130. The van der Waals surface area contributed by atoms with Crippen molar-refractivity contribution in [3.8, 4) is 0 Å². The zero-order chi connectivity index (χ0) is 12.3. The molecule has 4 nitrogen and oxygen atoms in total. The van der Waals surface area contributed by atoms with Gasteiger partial charge in [0.05, 0.1) is 5.25 Å². The molecule has 4 rings (SSSR count). The molecule has 0 aromatic rings. The fraction of sp³-hybridized carbons (Fsp3) is 1.00. The first-order valence-electron chi connectivity index (χ1n) is 7.26. The van der Waals surface area contributed by atoms with Crippen LogP contribution in [0, 0.1) is 17.8 Å². The summed E-state index contributed by atoms with van der Waals surface area (Å²) < 4.78 is 32.5. The Kier molecular flexibility index (Phi) is 2.55. The molecule has 2 aliphatic heterocycles. The van der Waals surface area contributed by atoms with E-state index in [1.165, 1.54) is 19.3 Å². The van der Waals surface area contributed by atoms with E-state index in [1.54, 1.807) is 0 Å². The second kappa shape index (κ2) is 3.93. The molecular weight excluding hydrogens is 250 g/mol. The van der Waals surface area contributed by atoms with Crippen LogP contribution in [0.1, 0.15) is 32.1 Å². The molecule has 5 heteroatoms. The molecule has 2 saturated heterocycles. The molecule has 2 saturated carbocycles. The number of fused-ring (bicyclic) bond motifs is 5. The van der Waals surface area contributed by atoms with E-state index in [-0.39, 0.29) is 5.25 Å². The SMILES string of the molecule is O=S(=O)(C1CCOCC1)N1CC2C3CCC(C3)C21. The third-order valence-corrected chi connectivity index (χ3v) is 8.04. The van der Waals surface area contributed by atoms with E-state index < -0.39 is 10.0 Å². The predicted molar refractivity (Wildman–Crippen MR) is 67.6 cm³/mol. The Morgan fingerprint density at radius 2 is 1.72 bits per heavy atom. The maximum Gasteiger partial charge on any atom is 0.217 e. The summed E-state index contributed by atoms with van der Waals surface area (Å²) >= 11 is 0. The average Bonchev–Trinajstić information content (AvgIpc) is 2.86. The van der Waals surface area contributed by atoms with Gasteiger partial charge in [0.25, 0.3) is 0 Å². The van der Waals surface area contributed by atoms with E-state index in [0.29, 0.717) is 43.9 Å². The minimum absolute atomic E-state index is 0.175. The van der Waals surface area contributed by atoms with E-state index >= 15 is 0 Å². The Labute approximate surface area is 109 Å². The van der Waals surface area contributed by atoms with Crippen LogP contribution >= 0.6 is 0 Å². The summed E-state index contributed by atoms with van der Waals surface area (Å²) in [4.78, 5) is 0. The standard InChI is InChI=1S/C13H21NO3S/c15-18(16,11-3-5-17-6-4-11)14-8-12-9-1-2-10(7-9)13(12)14/h9-13H,1-8H2. The fourth-order valence-corrected chi connectivity index (χ4v) is 6.94. The van der Waals surface area contributed by atoms with E-state index in [2.05, 4.69) is 0 Å². The summed E-state index contributed by atoms with van der Waals surface area (Å²) in [5.74, 6) is 2.20. The highest BCUT2D eigenvalue weighted by Gasteiger charge is 2.60. The van der Waals surface area contributed by atoms with Gasteiger partial charge in [0.2, 0.25) is 10.0 Å². The normalized spacial score (nSPS) is 44.9. The minimum Gasteiger partial charge on any atom is -0.381 e. The summed E-state index contributed by atoms with van der Waals surface area (Å²) in [7, 11) is -3.05. The third kappa shape index (κ3) is 1.47. The summed E-state index contributed by atoms with van der Waals surface area (Å²) in [6.07, 6.45) is 5.26. The maximum absolute atomic E-state index is 12.7. The second-order valence-electron chi connectivity index (χ2n) is 6.41. The molecule has 0 spiro atoms. The number of hydrogen-bond acceptors (Lipinski definition) is 3.